The van der Waals surface area contributed by atoms with Gasteiger partial charge in [-0.1, -0.05) is 12.2 Å². The van der Waals surface area contributed by atoms with Gasteiger partial charge >= 0.3 is 6.18 Å². The molecule has 4 nitrogen and oxygen atoms in total. The van der Waals surface area contributed by atoms with E-state index in [-0.39, 0.29) is 23.7 Å². The summed E-state index contributed by atoms with van der Waals surface area (Å²) in [5.74, 6) is 0. The highest BCUT2D eigenvalue weighted by Crippen LogP contribution is 2.33. The van der Waals surface area contributed by atoms with Crippen LogP contribution in [0, 0.1) is 0 Å². The first-order chi connectivity index (χ1) is 9.81. The number of hydrogen-bond acceptors (Lipinski definition) is 4. The number of aliphatic hydroxyl groups excluding tert-OH is 1. The first kappa shape index (κ1) is 17.7. The number of thiocarbonyl (C=S) groups is 1. The molecule has 0 radical (unpaired) electrons. The number of nitrogens with zero attached hydrogens (tertiary/aromatic N) is 1. The lowest BCUT2D eigenvalue weighted by Gasteiger charge is -2.26. The highest BCUT2D eigenvalue weighted by molar-refractivity contribution is 7.80. The third kappa shape index (κ3) is 4.83. The zero-order chi connectivity index (χ0) is 16.0. The quantitative estimate of drug-likeness (QED) is 0.750. The van der Waals surface area contributed by atoms with E-state index in [1.165, 1.54) is 13.2 Å². The van der Waals surface area contributed by atoms with E-state index in [1.54, 1.807) is 4.90 Å². The molecule has 1 aromatic rings. The Morgan fingerprint density at radius 3 is 2.52 bits per heavy atom. The van der Waals surface area contributed by atoms with Gasteiger partial charge in [0.25, 0.3) is 0 Å². The van der Waals surface area contributed by atoms with Crippen LogP contribution in [-0.2, 0) is 10.9 Å². The standard InChI is InChI=1S/C13H17F3N2O2S/c1-20-7-5-18(4-6-19)11-3-2-9(13(14,15)16)8-10(11)12(17)21/h2-3,8,19H,4-7H2,1H3,(H2,17,21). The van der Waals surface area contributed by atoms with Crippen LogP contribution in [0.25, 0.3) is 0 Å². The first-order valence-electron chi connectivity index (χ1n) is 6.17. The third-order valence-corrected chi connectivity index (χ3v) is 3.09. The molecule has 0 heterocycles. The van der Waals surface area contributed by atoms with E-state index in [2.05, 4.69) is 0 Å². The van der Waals surface area contributed by atoms with Crippen molar-refractivity contribution in [3.63, 3.8) is 0 Å². The van der Waals surface area contributed by atoms with Crippen molar-refractivity contribution in [3.8, 4) is 0 Å². The number of nitrogens with two attached hydrogens (primary N) is 1. The second-order valence-electron chi connectivity index (χ2n) is 4.30. The second-order valence-corrected chi connectivity index (χ2v) is 4.74. The topological polar surface area (TPSA) is 58.7 Å². The summed E-state index contributed by atoms with van der Waals surface area (Å²) in [6.07, 6.45) is -4.47. The fourth-order valence-corrected chi connectivity index (χ4v) is 2.02. The van der Waals surface area contributed by atoms with Crippen molar-refractivity contribution < 1.29 is 23.0 Å². The molecular formula is C13H17F3N2O2S. The molecular weight excluding hydrogens is 305 g/mol. The lowest BCUT2D eigenvalue weighted by molar-refractivity contribution is -0.137. The van der Waals surface area contributed by atoms with Crippen LogP contribution < -0.4 is 10.6 Å². The fraction of sp³-hybridized carbons (Fsp3) is 0.462. The third-order valence-electron chi connectivity index (χ3n) is 2.87. The summed E-state index contributed by atoms with van der Waals surface area (Å²) < 4.78 is 43.2. The lowest BCUT2D eigenvalue weighted by Crippen LogP contribution is -2.32. The Hall–Kier alpha value is -1.38. The molecule has 1 rings (SSSR count). The van der Waals surface area contributed by atoms with Gasteiger partial charge in [-0.2, -0.15) is 13.2 Å². The molecule has 0 aliphatic heterocycles. The van der Waals surface area contributed by atoms with E-state index in [9.17, 15) is 13.2 Å². The van der Waals surface area contributed by atoms with E-state index < -0.39 is 11.7 Å². The first-order valence-corrected chi connectivity index (χ1v) is 6.58. The Morgan fingerprint density at radius 2 is 2.05 bits per heavy atom. The molecule has 0 spiro atoms. The van der Waals surface area contributed by atoms with Crippen molar-refractivity contribution in [2.45, 2.75) is 6.18 Å². The molecule has 8 heteroatoms. The fourth-order valence-electron chi connectivity index (χ4n) is 1.86. The van der Waals surface area contributed by atoms with Gasteiger partial charge in [0.15, 0.2) is 0 Å². The number of ether oxygens (including phenoxy) is 1. The number of halogens is 3. The summed E-state index contributed by atoms with van der Waals surface area (Å²) in [6.45, 7) is 0.849. The lowest BCUT2D eigenvalue weighted by atomic mass is 10.1. The van der Waals surface area contributed by atoms with E-state index in [0.717, 1.165) is 12.1 Å². The van der Waals surface area contributed by atoms with Gasteiger partial charge < -0.3 is 20.5 Å². The smallest absolute Gasteiger partial charge is 0.395 e. The van der Waals surface area contributed by atoms with Gasteiger partial charge in [0.2, 0.25) is 0 Å². The van der Waals surface area contributed by atoms with E-state index in [4.69, 9.17) is 27.8 Å². The number of methoxy groups -OCH3 is 1. The van der Waals surface area contributed by atoms with Crippen LogP contribution >= 0.6 is 12.2 Å². The summed E-state index contributed by atoms with van der Waals surface area (Å²) in [5, 5.41) is 9.08. The minimum Gasteiger partial charge on any atom is -0.395 e. The number of benzene rings is 1. The SMILES string of the molecule is COCCN(CCO)c1ccc(C(F)(F)F)cc1C(N)=S. The van der Waals surface area contributed by atoms with Crippen LogP contribution in [-0.4, -0.2) is 43.5 Å². The molecule has 0 aliphatic carbocycles. The summed E-state index contributed by atoms with van der Waals surface area (Å²) in [6, 6.07) is 3.20. The van der Waals surface area contributed by atoms with E-state index in [1.807, 2.05) is 0 Å². The molecule has 0 saturated carbocycles. The maximum atomic E-state index is 12.8. The van der Waals surface area contributed by atoms with Gasteiger partial charge in [0, 0.05) is 31.5 Å². The maximum Gasteiger partial charge on any atom is 0.416 e. The van der Waals surface area contributed by atoms with Gasteiger partial charge in [0.1, 0.15) is 4.99 Å². The predicted octanol–water partition coefficient (Wildman–Crippen LogP) is 1.78. The van der Waals surface area contributed by atoms with E-state index >= 15 is 0 Å². The average molecular weight is 322 g/mol. The van der Waals surface area contributed by atoms with Gasteiger partial charge in [-0.25, -0.2) is 0 Å². The van der Waals surface area contributed by atoms with Crippen molar-refractivity contribution in [1.82, 2.24) is 0 Å². The highest BCUT2D eigenvalue weighted by atomic mass is 32.1. The van der Waals surface area contributed by atoms with Crippen molar-refractivity contribution in [2.75, 3.05) is 38.3 Å². The minimum absolute atomic E-state index is 0.128. The molecule has 0 fully saturated rings. The van der Waals surface area contributed by atoms with Crippen molar-refractivity contribution in [3.05, 3.63) is 29.3 Å². The van der Waals surface area contributed by atoms with Crippen LogP contribution in [0.4, 0.5) is 18.9 Å². The minimum atomic E-state index is -4.47. The molecule has 0 amide bonds. The van der Waals surface area contributed by atoms with E-state index in [0.29, 0.717) is 18.8 Å². The summed E-state index contributed by atoms with van der Waals surface area (Å²) in [5.41, 5.74) is 5.29. The number of anilines is 1. The average Bonchev–Trinajstić information content (AvgIpc) is 2.41. The molecule has 0 atom stereocenters. The van der Waals surface area contributed by atoms with Crippen molar-refractivity contribution >= 4 is 22.9 Å². The summed E-state index contributed by atoms with van der Waals surface area (Å²) in [7, 11) is 1.51. The van der Waals surface area contributed by atoms with Crippen LogP contribution in [0.1, 0.15) is 11.1 Å². The number of hydrogen-bond donors (Lipinski definition) is 2. The van der Waals surface area contributed by atoms with Gasteiger partial charge in [-0.05, 0) is 18.2 Å². The zero-order valence-corrected chi connectivity index (χ0v) is 12.3. The molecule has 0 aromatic heterocycles. The molecule has 0 aliphatic rings. The van der Waals surface area contributed by atoms with Crippen molar-refractivity contribution in [1.29, 1.82) is 0 Å². The highest BCUT2D eigenvalue weighted by Gasteiger charge is 2.31. The number of rotatable bonds is 7. The molecule has 0 saturated heterocycles. The predicted molar refractivity (Wildman–Crippen MR) is 78.5 cm³/mol. The van der Waals surface area contributed by atoms with Crippen LogP contribution in [0.5, 0.6) is 0 Å². The molecule has 0 bridgehead atoms. The largest absolute Gasteiger partial charge is 0.416 e. The molecule has 118 valence electrons. The Kier molecular flexibility index (Phi) is 6.38. The Bertz CT molecular complexity index is 495. The second kappa shape index (κ2) is 7.58. The monoisotopic (exact) mass is 322 g/mol. The number of alkyl halides is 3. The Balaban J connectivity index is 3.23. The molecule has 1 aromatic carbocycles. The zero-order valence-electron chi connectivity index (χ0n) is 11.5. The van der Waals surface area contributed by atoms with Crippen LogP contribution in [0.3, 0.4) is 0 Å². The van der Waals surface area contributed by atoms with Gasteiger partial charge in [-0.15, -0.1) is 0 Å². The van der Waals surface area contributed by atoms with Gasteiger partial charge in [-0.3, -0.25) is 0 Å². The molecule has 0 unspecified atom stereocenters. The van der Waals surface area contributed by atoms with Crippen molar-refractivity contribution in [2.24, 2.45) is 5.73 Å². The Labute approximate surface area is 126 Å². The summed E-state index contributed by atoms with van der Waals surface area (Å²) >= 11 is 4.84. The molecule has 21 heavy (non-hydrogen) atoms. The maximum absolute atomic E-state index is 12.8. The van der Waals surface area contributed by atoms with Crippen LogP contribution in [0.2, 0.25) is 0 Å². The number of aliphatic hydroxyl groups is 1. The molecule has 3 N–H and O–H groups in total. The summed E-state index contributed by atoms with van der Waals surface area (Å²) in [4.78, 5) is 1.55. The normalized spacial score (nSPS) is 11.5. The van der Waals surface area contributed by atoms with Gasteiger partial charge in [0.05, 0.1) is 18.8 Å². The Morgan fingerprint density at radius 1 is 1.38 bits per heavy atom. The van der Waals surface area contributed by atoms with Crippen LogP contribution in [0.15, 0.2) is 18.2 Å².